The number of carboxylic acids is 1. The number of hydrogen-bond donors (Lipinski definition) is 3. The van der Waals surface area contributed by atoms with Gasteiger partial charge in [0, 0.05) is 12.2 Å². The second-order valence-electron chi connectivity index (χ2n) is 4.00. The molecule has 2 amide bonds. The van der Waals surface area contributed by atoms with Gasteiger partial charge in [-0.25, -0.2) is 4.79 Å². The molecule has 0 heterocycles. The van der Waals surface area contributed by atoms with E-state index in [1.54, 1.807) is 12.1 Å². The van der Waals surface area contributed by atoms with Crippen LogP contribution in [0.15, 0.2) is 36.4 Å². The van der Waals surface area contributed by atoms with Crippen LogP contribution >= 0.6 is 0 Å². The molecule has 0 unspecified atom stereocenters. The van der Waals surface area contributed by atoms with E-state index in [9.17, 15) is 14.4 Å². The van der Waals surface area contributed by atoms with Gasteiger partial charge in [0.1, 0.15) is 5.75 Å². The Balaban J connectivity index is 2.30. The summed E-state index contributed by atoms with van der Waals surface area (Å²) in [6.07, 6.45) is 2.36. The van der Waals surface area contributed by atoms with Gasteiger partial charge in [-0.3, -0.25) is 20.4 Å². The number of carboxylic acid groups (broad SMARTS) is 1. The number of benzene rings is 1. The number of aliphatic carboxylic acids is 1. The first-order valence-electron chi connectivity index (χ1n) is 6.23. The summed E-state index contributed by atoms with van der Waals surface area (Å²) in [5.74, 6) is -2.03. The summed E-state index contributed by atoms with van der Waals surface area (Å²) in [6, 6.07) is 7.29. The van der Waals surface area contributed by atoms with Gasteiger partial charge < -0.3 is 9.84 Å². The molecule has 0 saturated heterocycles. The third-order valence-electron chi connectivity index (χ3n) is 2.40. The Bertz CT molecular complexity index is 537. The number of ether oxygens (including phenoxy) is 1. The average molecular weight is 292 g/mol. The maximum absolute atomic E-state index is 11.4. The molecular weight excluding hydrogens is 276 g/mol. The summed E-state index contributed by atoms with van der Waals surface area (Å²) in [5, 5.41) is 8.31. The molecule has 21 heavy (non-hydrogen) atoms. The first kappa shape index (κ1) is 16.2. The Kier molecular flexibility index (Phi) is 6.46. The number of hydrogen-bond acceptors (Lipinski definition) is 4. The minimum absolute atomic E-state index is 0.269. The second kappa shape index (κ2) is 8.36. The van der Waals surface area contributed by atoms with E-state index in [1.807, 2.05) is 24.5 Å². The summed E-state index contributed by atoms with van der Waals surface area (Å²) in [5.41, 5.74) is 5.27. The largest absolute Gasteiger partial charge is 0.484 e. The van der Waals surface area contributed by atoms with Crippen molar-refractivity contribution in [3.05, 3.63) is 42.0 Å². The minimum Gasteiger partial charge on any atom is -0.484 e. The average Bonchev–Trinajstić information content (AvgIpc) is 2.49. The van der Waals surface area contributed by atoms with Crippen molar-refractivity contribution in [3.8, 4) is 5.75 Å². The number of hydrazine groups is 1. The molecule has 1 rings (SSSR count). The number of nitrogens with one attached hydrogen (secondary N) is 2. The standard InChI is InChI=1S/C14H16N2O5/c1-2-10-3-5-11(6-4-10)21-9-13(18)16-15-12(17)7-8-14(19)20/h3-8H,2,9H2,1H3,(H,15,17)(H,16,18)(H,19,20). The Morgan fingerprint density at radius 3 is 2.38 bits per heavy atom. The number of aryl methyl sites for hydroxylation is 1. The molecule has 3 N–H and O–H groups in total. The van der Waals surface area contributed by atoms with Gasteiger partial charge in [0.05, 0.1) is 0 Å². The zero-order valence-electron chi connectivity index (χ0n) is 11.5. The molecule has 1 aromatic rings. The van der Waals surface area contributed by atoms with Gasteiger partial charge in [-0.2, -0.15) is 0 Å². The van der Waals surface area contributed by atoms with Crippen LogP contribution in [0.1, 0.15) is 12.5 Å². The van der Waals surface area contributed by atoms with Crippen molar-refractivity contribution in [2.24, 2.45) is 0 Å². The molecule has 7 heteroatoms. The van der Waals surface area contributed by atoms with E-state index in [2.05, 4.69) is 5.43 Å². The van der Waals surface area contributed by atoms with Gasteiger partial charge in [-0.15, -0.1) is 0 Å². The van der Waals surface area contributed by atoms with Crippen molar-refractivity contribution in [3.63, 3.8) is 0 Å². The van der Waals surface area contributed by atoms with Gasteiger partial charge >= 0.3 is 5.97 Å². The third kappa shape index (κ3) is 6.76. The van der Waals surface area contributed by atoms with Gasteiger partial charge in [0.2, 0.25) is 0 Å². The molecule has 7 nitrogen and oxygen atoms in total. The van der Waals surface area contributed by atoms with Crippen LogP contribution < -0.4 is 15.6 Å². The smallest absolute Gasteiger partial charge is 0.328 e. The Morgan fingerprint density at radius 2 is 1.81 bits per heavy atom. The first-order valence-corrected chi connectivity index (χ1v) is 6.23. The Labute approximate surface area is 121 Å². The molecule has 0 spiro atoms. The first-order chi connectivity index (χ1) is 10.0. The van der Waals surface area contributed by atoms with Crippen LogP contribution in [-0.4, -0.2) is 29.5 Å². The van der Waals surface area contributed by atoms with Gasteiger partial charge in [0.15, 0.2) is 6.61 Å². The van der Waals surface area contributed by atoms with E-state index in [0.717, 1.165) is 18.1 Å². The highest BCUT2D eigenvalue weighted by atomic mass is 16.5. The van der Waals surface area contributed by atoms with Crippen LogP contribution in [0.4, 0.5) is 0 Å². The van der Waals surface area contributed by atoms with E-state index >= 15 is 0 Å². The van der Waals surface area contributed by atoms with Crippen LogP contribution in [0.25, 0.3) is 0 Å². The lowest BCUT2D eigenvalue weighted by Crippen LogP contribution is -2.43. The predicted octanol–water partition coefficient (Wildman–Crippen LogP) is 0.416. The molecule has 0 bridgehead atoms. The molecule has 0 aliphatic heterocycles. The summed E-state index contributed by atoms with van der Waals surface area (Å²) in [6.45, 7) is 1.76. The predicted molar refractivity (Wildman–Crippen MR) is 74.4 cm³/mol. The van der Waals surface area contributed by atoms with Crippen LogP contribution in [-0.2, 0) is 20.8 Å². The number of carbonyl (C=O) groups excluding carboxylic acids is 2. The van der Waals surface area contributed by atoms with Crippen LogP contribution in [0.2, 0.25) is 0 Å². The molecular formula is C14H16N2O5. The Morgan fingerprint density at radius 1 is 1.14 bits per heavy atom. The molecule has 0 radical (unpaired) electrons. The molecule has 0 aromatic heterocycles. The zero-order valence-corrected chi connectivity index (χ0v) is 11.5. The van der Waals surface area contributed by atoms with E-state index in [-0.39, 0.29) is 6.61 Å². The molecule has 0 aliphatic carbocycles. The summed E-state index contributed by atoms with van der Waals surface area (Å²) in [4.78, 5) is 32.6. The lowest BCUT2D eigenvalue weighted by Gasteiger charge is -2.08. The Hall–Kier alpha value is -2.83. The maximum Gasteiger partial charge on any atom is 0.328 e. The molecule has 0 atom stereocenters. The highest BCUT2D eigenvalue weighted by molar-refractivity contribution is 5.94. The van der Waals surface area contributed by atoms with Crippen molar-refractivity contribution >= 4 is 17.8 Å². The highest BCUT2D eigenvalue weighted by Crippen LogP contribution is 2.12. The summed E-state index contributed by atoms with van der Waals surface area (Å²) < 4.78 is 5.22. The topological polar surface area (TPSA) is 105 Å². The third-order valence-corrected chi connectivity index (χ3v) is 2.40. The zero-order chi connectivity index (χ0) is 15.7. The van der Waals surface area contributed by atoms with Crippen LogP contribution in [0, 0.1) is 0 Å². The summed E-state index contributed by atoms with van der Waals surface area (Å²) >= 11 is 0. The number of rotatable bonds is 6. The normalized spacial score (nSPS) is 10.1. The van der Waals surface area contributed by atoms with Crippen molar-refractivity contribution in [2.45, 2.75) is 13.3 Å². The molecule has 0 saturated carbocycles. The SMILES string of the molecule is CCc1ccc(OCC(=O)NNC(=O)C=CC(=O)O)cc1. The number of carbonyl (C=O) groups is 3. The van der Waals surface area contributed by atoms with E-state index in [1.165, 1.54) is 0 Å². The minimum atomic E-state index is -1.25. The van der Waals surface area contributed by atoms with E-state index in [0.29, 0.717) is 11.8 Å². The van der Waals surface area contributed by atoms with E-state index in [4.69, 9.17) is 9.84 Å². The van der Waals surface area contributed by atoms with Crippen molar-refractivity contribution < 1.29 is 24.2 Å². The van der Waals surface area contributed by atoms with Crippen molar-refractivity contribution in [1.29, 1.82) is 0 Å². The fraction of sp³-hybridized carbons (Fsp3) is 0.214. The van der Waals surface area contributed by atoms with Gasteiger partial charge in [-0.1, -0.05) is 19.1 Å². The maximum atomic E-state index is 11.4. The highest BCUT2D eigenvalue weighted by Gasteiger charge is 2.04. The van der Waals surface area contributed by atoms with Gasteiger partial charge in [-0.05, 0) is 24.1 Å². The van der Waals surface area contributed by atoms with Crippen LogP contribution in [0.3, 0.4) is 0 Å². The van der Waals surface area contributed by atoms with Crippen molar-refractivity contribution in [2.75, 3.05) is 6.61 Å². The van der Waals surface area contributed by atoms with E-state index < -0.39 is 17.8 Å². The van der Waals surface area contributed by atoms with Crippen LogP contribution in [0.5, 0.6) is 5.75 Å². The van der Waals surface area contributed by atoms with Crippen molar-refractivity contribution in [1.82, 2.24) is 10.9 Å². The lowest BCUT2D eigenvalue weighted by molar-refractivity contribution is -0.131. The molecule has 112 valence electrons. The number of amides is 2. The monoisotopic (exact) mass is 292 g/mol. The second-order valence-corrected chi connectivity index (χ2v) is 4.00. The summed E-state index contributed by atoms with van der Waals surface area (Å²) in [7, 11) is 0. The fourth-order valence-electron chi connectivity index (χ4n) is 1.33. The molecule has 0 fully saturated rings. The van der Waals surface area contributed by atoms with Gasteiger partial charge in [0.25, 0.3) is 11.8 Å². The fourth-order valence-corrected chi connectivity index (χ4v) is 1.33. The lowest BCUT2D eigenvalue weighted by atomic mass is 10.2. The molecule has 0 aliphatic rings. The molecule has 1 aromatic carbocycles. The quantitative estimate of drug-likeness (QED) is 0.520.